The molecule has 5 heteroatoms. The minimum absolute atomic E-state index is 0.0448. The van der Waals surface area contributed by atoms with E-state index in [0.717, 1.165) is 0 Å². The van der Waals surface area contributed by atoms with Gasteiger partial charge in [-0.25, -0.2) is 13.6 Å². The van der Waals surface area contributed by atoms with Crippen molar-refractivity contribution in [1.29, 1.82) is 0 Å². The maximum absolute atomic E-state index is 10.9. The molecule has 0 aromatic heterocycles. The molecule has 0 aliphatic rings. The maximum atomic E-state index is 10.9. The quantitative estimate of drug-likeness (QED) is 0.577. The van der Waals surface area contributed by atoms with Gasteiger partial charge >= 0.3 is 0 Å². The molecule has 0 aliphatic carbocycles. The normalized spacial score (nSPS) is 10.2. The zero-order valence-corrected chi connectivity index (χ0v) is 8.62. The molecule has 0 amide bonds. The molecule has 0 bridgehead atoms. The fourth-order valence-electron chi connectivity index (χ4n) is 0.923. The molecule has 0 fully saturated rings. The topological polar surface area (TPSA) is 77.2 Å². The van der Waals surface area contributed by atoms with Crippen LogP contribution in [0.5, 0.6) is 0 Å². The van der Waals surface area contributed by atoms with Crippen LogP contribution < -0.4 is 5.14 Å². The molecular formula is C10H9NO3S. The summed E-state index contributed by atoms with van der Waals surface area (Å²) in [7, 11) is -3.65. The lowest BCUT2D eigenvalue weighted by Gasteiger charge is -1.96. The van der Waals surface area contributed by atoms with Gasteiger partial charge in [-0.1, -0.05) is 11.8 Å². The van der Waals surface area contributed by atoms with E-state index in [1.807, 2.05) is 0 Å². The van der Waals surface area contributed by atoms with E-state index in [1.54, 1.807) is 0 Å². The molecular weight excluding hydrogens is 214 g/mol. The Bertz CT molecular complexity index is 506. The number of rotatable bonds is 2. The molecule has 1 rings (SSSR count). The fourth-order valence-corrected chi connectivity index (χ4v) is 1.44. The maximum Gasteiger partial charge on any atom is 0.238 e. The third kappa shape index (κ3) is 3.54. The van der Waals surface area contributed by atoms with E-state index in [-0.39, 0.29) is 11.3 Å². The van der Waals surface area contributed by atoms with Crippen molar-refractivity contribution in [3.05, 3.63) is 29.8 Å². The Kier molecular flexibility index (Phi) is 3.61. The Morgan fingerprint density at radius 1 is 1.27 bits per heavy atom. The molecule has 1 aromatic rings. The highest BCUT2D eigenvalue weighted by Crippen LogP contribution is 2.07. The van der Waals surface area contributed by atoms with E-state index in [9.17, 15) is 13.2 Å². The SMILES string of the molecule is NS(=O)(=O)c1ccc(C#CCC=O)cc1. The van der Waals surface area contributed by atoms with Crippen molar-refractivity contribution >= 4 is 16.3 Å². The molecule has 4 nitrogen and oxygen atoms in total. The average molecular weight is 223 g/mol. The number of benzene rings is 1. The van der Waals surface area contributed by atoms with E-state index >= 15 is 0 Å². The number of primary sulfonamides is 1. The standard InChI is InChI=1S/C10H9NO3S/c11-15(13,14)10-6-4-9(5-7-10)3-1-2-8-12/h4-8H,2H2,(H2,11,13,14). The second kappa shape index (κ2) is 4.73. The third-order valence-electron chi connectivity index (χ3n) is 1.60. The Labute approximate surface area is 88.2 Å². The number of carbonyl (C=O) groups is 1. The highest BCUT2D eigenvalue weighted by molar-refractivity contribution is 7.89. The minimum atomic E-state index is -3.65. The molecule has 78 valence electrons. The predicted molar refractivity (Wildman–Crippen MR) is 55.4 cm³/mol. The Hall–Kier alpha value is -1.64. The number of sulfonamides is 1. The monoisotopic (exact) mass is 223 g/mol. The first-order valence-electron chi connectivity index (χ1n) is 4.09. The van der Waals surface area contributed by atoms with Crippen LogP contribution in [-0.4, -0.2) is 14.7 Å². The molecule has 0 aliphatic heterocycles. The van der Waals surface area contributed by atoms with Crippen molar-refractivity contribution in [3.63, 3.8) is 0 Å². The van der Waals surface area contributed by atoms with Gasteiger partial charge in [-0.3, -0.25) is 0 Å². The molecule has 2 N–H and O–H groups in total. The van der Waals surface area contributed by atoms with E-state index < -0.39 is 10.0 Å². The highest BCUT2D eigenvalue weighted by Gasteiger charge is 2.05. The van der Waals surface area contributed by atoms with Gasteiger partial charge in [-0.05, 0) is 24.3 Å². The summed E-state index contributed by atoms with van der Waals surface area (Å²) in [6.45, 7) is 0. The van der Waals surface area contributed by atoms with Gasteiger partial charge in [0.2, 0.25) is 10.0 Å². The van der Waals surface area contributed by atoms with Gasteiger partial charge in [0.1, 0.15) is 6.29 Å². The first kappa shape index (κ1) is 11.4. The summed E-state index contributed by atoms with van der Waals surface area (Å²) in [5.41, 5.74) is 0.643. The molecule has 0 heterocycles. The first-order chi connectivity index (χ1) is 7.04. The Morgan fingerprint density at radius 2 is 1.87 bits per heavy atom. The number of nitrogens with two attached hydrogens (primary N) is 1. The van der Waals surface area contributed by atoms with Gasteiger partial charge in [-0.2, -0.15) is 0 Å². The second-order valence-electron chi connectivity index (χ2n) is 2.74. The van der Waals surface area contributed by atoms with Crippen molar-refractivity contribution in [1.82, 2.24) is 0 Å². The van der Waals surface area contributed by atoms with Gasteiger partial charge in [0.05, 0.1) is 11.3 Å². The molecule has 0 spiro atoms. The molecule has 15 heavy (non-hydrogen) atoms. The molecule has 0 saturated carbocycles. The lowest BCUT2D eigenvalue weighted by Crippen LogP contribution is -2.11. The van der Waals surface area contributed by atoms with Gasteiger partial charge in [0.25, 0.3) is 0 Å². The number of hydrogen-bond acceptors (Lipinski definition) is 3. The molecule has 0 radical (unpaired) electrons. The van der Waals surface area contributed by atoms with Crippen molar-refractivity contribution in [3.8, 4) is 11.8 Å². The van der Waals surface area contributed by atoms with Crippen LogP contribution in [0.15, 0.2) is 29.2 Å². The van der Waals surface area contributed by atoms with Crippen LogP contribution in [0.4, 0.5) is 0 Å². The number of aldehydes is 1. The van der Waals surface area contributed by atoms with Crippen LogP contribution in [0.3, 0.4) is 0 Å². The molecule has 0 unspecified atom stereocenters. The minimum Gasteiger partial charge on any atom is -0.302 e. The molecule has 0 atom stereocenters. The predicted octanol–water partition coefficient (Wildman–Crippen LogP) is 0.274. The van der Waals surface area contributed by atoms with Gasteiger partial charge in [-0.15, -0.1) is 0 Å². The van der Waals surface area contributed by atoms with E-state index in [4.69, 9.17) is 5.14 Å². The van der Waals surface area contributed by atoms with Gasteiger partial charge < -0.3 is 4.79 Å². The van der Waals surface area contributed by atoms with Crippen LogP contribution in [0.2, 0.25) is 0 Å². The van der Waals surface area contributed by atoms with Crippen LogP contribution in [0.1, 0.15) is 12.0 Å². The van der Waals surface area contributed by atoms with E-state index in [0.29, 0.717) is 11.8 Å². The van der Waals surface area contributed by atoms with Crippen molar-refractivity contribution < 1.29 is 13.2 Å². The summed E-state index contributed by atoms with van der Waals surface area (Å²) in [5.74, 6) is 5.32. The fraction of sp³-hybridized carbons (Fsp3) is 0.100. The first-order valence-corrected chi connectivity index (χ1v) is 5.64. The van der Waals surface area contributed by atoms with E-state index in [1.165, 1.54) is 24.3 Å². The third-order valence-corrected chi connectivity index (χ3v) is 2.53. The van der Waals surface area contributed by atoms with Crippen LogP contribution >= 0.6 is 0 Å². The smallest absolute Gasteiger partial charge is 0.238 e. The zero-order valence-electron chi connectivity index (χ0n) is 7.80. The van der Waals surface area contributed by atoms with Crippen molar-refractivity contribution in [2.45, 2.75) is 11.3 Å². The number of carbonyl (C=O) groups excluding carboxylic acids is 1. The van der Waals surface area contributed by atoms with Crippen molar-refractivity contribution in [2.75, 3.05) is 0 Å². The second-order valence-corrected chi connectivity index (χ2v) is 4.30. The number of hydrogen-bond donors (Lipinski definition) is 1. The molecule has 0 saturated heterocycles. The van der Waals surface area contributed by atoms with Crippen LogP contribution in [-0.2, 0) is 14.8 Å². The Morgan fingerprint density at radius 3 is 2.33 bits per heavy atom. The summed E-state index contributed by atoms with van der Waals surface area (Å²) in [6.07, 6.45) is 0.864. The summed E-state index contributed by atoms with van der Waals surface area (Å²) in [4.78, 5) is 10.0. The van der Waals surface area contributed by atoms with Crippen molar-refractivity contribution in [2.24, 2.45) is 5.14 Å². The zero-order chi connectivity index (χ0) is 11.3. The largest absolute Gasteiger partial charge is 0.302 e. The lowest BCUT2D eigenvalue weighted by atomic mass is 10.2. The Balaban J connectivity index is 2.92. The van der Waals surface area contributed by atoms with Crippen LogP contribution in [0.25, 0.3) is 0 Å². The van der Waals surface area contributed by atoms with Crippen LogP contribution in [0, 0.1) is 11.8 Å². The molecule has 1 aromatic carbocycles. The average Bonchev–Trinajstić information content (AvgIpc) is 2.18. The highest BCUT2D eigenvalue weighted by atomic mass is 32.2. The lowest BCUT2D eigenvalue weighted by molar-refractivity contribution is -0.107. The summed E-state index contributed by atoms with van der Waals surface area (Å²) in [6, 6.07) is 5.83. The van der Waals surface area contributed by atoms with Gasteiger partial charge in [0, 0.05) is 5.56 Å². The summed E-state index contributed by atoms with van der Waals surface area (Å²) in [5, 5.41) is 4.92. The summed E-state index contributed by atoms with van der Waals surface area (Å²) < 4.78 is 21.8. The summed E-state index contributed by atoms with van der Waals surface area (Å²) >= 11 is 0. The van der Waals surface area contributed by atoms with E-state index in [2.05, 4.69) is 11.8 Å². The van der Waals surface area contributed by atoms with Gasteiger partial charge in [0.15, 0.2) is 0 Å².